The molecule has 0 aromatic heterocycles. The molecule has 1 nitrogen and oxygen atoms in total. The molecular weight excluding hydrogens is 158 g/mol. The summed E-state index contributed by atoms with van der Waals surface area (Å²) < 4.78 is 0. The van der Waals surface area contributed by atoms with Crippen LogP contribution in [0.25, 0.3) is 0 Å². The Kier molecular flexibility index (Phi) is 2.64. The fourth-order valence-corrected chi connectivity index (χ4v) is 3.35. The van der Waals surface area contributed by atoms with Crippen molar-refractivity contribution in [1.29, 1.82) is 0 Å². The Balaban J connectivity index is 2.08. The summed E-state index contributed by atoms with van der Waals surface area (Å²) in [5, 5.41) is 0. The Morgan fingerprint density at radius 3 is 2.62 bits per heavy atom. The molecule has 0 unspecified atom stereocenters. The third-order valence-electron chi connectivity index (χ3n) is 4.11. The lowest BCUT2D eigenvalue weighted by Gasteiger charge is -2.43. The Morgan fingerprint density at radius 2 is 1.92 bits per heavy atom. The summed E-state index contributed by atoms with van der Waals surface area (Å²) in [6.07, 6.45) is 5.81. The maximum atomic E-state index is 2.80. The summed E-state index contributed by atoms with van der Waals surface area (Å²) in [5.74, 6) is 1.81. The van der Waals surface area contributed by atoms with Crippen molar-refractivity contribution >= 4 is 0 Å². The first kappa shape index (κ1) is 9.51. The van der Waals surface area contributed by atoms with Crippen molar-refractivity contribution in [1.82, 2.24) is 4.90 Å². The maximum absolute atomic E-state index is 2.80. The van der Waals surface area contributed by atoms with Crippen LogP contribution in [-0.2, 0) is 0 Å². The number of nitrogens with zero attached hydrogens (tertiary/aromatic N) is 1. The molecule has 1 heteroatoms. The summed E-state index contributed by atoms with van der Waals surface area (Å²) in [6, 6.07) is 1.82. The quantitative estimate of drug-likeness (QED) is 0.601. The molecule has 0 radical (unpaired) electrons. The van der Waals surface area contributed by atoms with E-state index in [0.29, 0.717) is 0 Å². The summed E-state index contributed by atoms with van der Waals surface area (Å²) >= 11 is 0. The minimum Gasteiger partial charge on any atom is -0.297 e. The summed E-state index contributed by atoms with van der Waals surface area (Å²) in [5.41, 5.74) is 0. The zero-order valence-corrected chi connectivity index (χ0v) is 9.29. The van der Waals surface area contributed by atoms with E-state index in [4.69, 9.17) is 0 Å². The SMILES string of the molecule is CC(C)[C@@H]1CC[C@H](C)[C@@H]2CCCN12. The van der Waals surface area contributed by atoms with Gasteiger partial charge in [0.2, 0.25) is 0 Å². The second kappa shape index (κ2) is 3.61. The van der Waals surface area contributed by atoms with E-state index in [2.05, 4.69) is 25.7 Å². The van der Waals surface area contributed by atoms with Crippen LogP contribution in [0.2, 0.25) is 0 Å². The first-order chi connectivity index (χ1) is 6.20. The molecule has 2 rings (SSSR count). The molecule has 2 fully saturated rings. The van der Waals surface area contributed by atoms with Crippen LogP contribution in [0.1, 0.15) is 46.5 Å². The van der Waals surface area contributed by atoms with Crippen LogP contribution in [0.5, 0.6) is 0 Å². The fraction of sp³-hybridized carbons (Fsp3) is 1.00. The van der Waals surface area contributed by atoms with Gasteiger partial charge in [0.25, 0.3) is 0 Å². The second-order valence-corrected chi connectivity index (χ2v) is 5.31. The van der Waals surface area contributed by atoms with Gasteiger partial charge in [0.1, 0.15) is 0 Å². The van der Waals surface area contributed by atoms with E-state index in [0.717, 1.165) is 23.9 Å². The molecule has 0 saturated carbocycles. The first-order valence-electron chi connectivity index (χ1n) is 5.96. The van der Waals surface area contributed by atoms with Crippen molar-refractivity contribution in [2.24, 2.45) is 11.8 Å². The topological polar surface area (TPSA) is 3.24 Å². The Labute approximate surface area is 82.5 Å². The molecule has 2 aliphatic rings. The second-order valence-electron chi connectivity index (χ2n) is 5.31. The van der Waals surface area contributed by atoms with Gasteiger partial charge >= 0.3 is 0 Å². The molecule has 0 spiro atoms. The number of hydrogen-bond acceptors (Lipinski definition) is 1. The molecule has 0 amide bonds. The number of piperidine rings is 1. The van der Waals surface area contributed by atoms with Gasteiger partial charge in [-0.25, -0.2) is 0 Å². The summed E-state index contributed by atoms with van der Waals surface area (Å²) in [7, 11) is 0. The van der Waals surface area contributed by atoms with Gasteiger partial charge in [-0.05, 0) is 44.1 Å². The highest BCUT2D eigenvalue weighted by molar-refractivity contribution is 4.93. The van der Waals surface area contributed by atoms with Crippen LogP contribution < -0.4 is 0 Å². The minimum atomic E-state index is 0.855. The Bertz CT molecular complexity index is 176. The predicted molar refractivity (Wildman–Crippen MR) is 56.8 cm³/mol. The molecule has 2 heterocycles. The standard InChI is InChI=1S/C12H23N/c1-9(2)11-7-6-10(3)12-5-4-8-13(11)12/h9-12H,4-8H2,1-3H3/t10-,11-,12-/m0/s1. The van der Waals surface area contributed by atoms with E-state index < -0.39 is 0 Å². The van der Waals surface area contributed by atoms with E-state index >= 15 is 0 Å². The molecule has 3 atom stereocenters. The number of fused-ring (bicyclic) bond motifs is 1. The third-order valence-corrected chi connectivity index (χ3v) is 4.11. The van der Waals surface area contributed by atoms with Gasteiger partial charge in [-0.15, -0.1) is 0 Å². The fourth-order valence-electron chi connectivity index (χ4n) is 3.35. The predicted octanol–water partition coefficient (Wildman–Crippen LogP) is 2.91. The summed E-state index contributed by atoms with van der Waals surface area (Å²) in [6.45, 7) is 8.59. The van der Waals surface area contributed by atoms with Crippen LogP contribution in [-0.4, -0.2) is 23.5 Å². The van der Waals surface area contributed by atoms with Crippen molar-refractivity contribution in [3.8, 4) is 0 Å². The largest absolute Gasteiger partial charge is 0.297 e. The van der Waals surface area contributed by atoms with Crippen LogP contribution in [0, 0.1) is 11.8 Å². The van der Waals surface area contributed by atoms with Crippen molar-refractivity contribution in [2.75, 3.05) is 6.54 Å². The van der Waals surface area contributed by atoms with Crippen molar-refractivity contribution < 1.29 is 0 Å². The van der Waals surface area contributed by atoms with Crippen molar-refractivity contribution in [3.63, 3.8) is 0 Å². The van der Waals surface area contributed by atoms with Crippen molar-refractivity contribution in [2.45, 2.75) is 58.5 Å². The van der Waals surface area contributed by atoms with E-state index in [1.165, 1.54) is 32.2 Å². The highest BCUT2D eigenvalue weighted by atomic mass is 15.2. The zero-order chi connectivity index (χ0) is 9.42. The molecule has 2 saturated heterocycles. The van der Waals surface area contributed by atoms with E-state index in [1.807, 2.05) is 0 Å². The van der Waals surface area contributed by atoms with Gasteiger partial charge in [-0.2, -0.15) is 0 Å². The Hall–Kier alpha value is -0.0400. The average molecular weight is 181 g/mol. The minimum absolute atomic E-state index is 0.855. The Morgan fingerprint density at radius 1 is 1.15 bits per heavy atom. The van der Waals surface area contributed by atoms with Gasteiger partial charge in [0.05, 0.1) is 0 Å². The van der Waals surface area contributed by atoms with E-state index in [9.17, 15) is 0 Å². The smallest absolute Gasteiger partial charge is 0.0124 e. The average Bonchev–Trinajstić information content (AvgIpc) is 2.53. The number of rotatable bonds is 1. The zero-order valence-electron chi connectivity index (χ0n) is 9.29. The van der Waals surface area contributed by atoms with Gasteiger partial charge in [-0.1, -0.05) is 20.8 Å². The monoisotopic (exact) mass is 181 g/mol. The first-order valence-corrected chi connectivity index (χ1v) is 5.96. The molecule has 0 aromatic carbocycles. The molecule has 0 aliphatic carbocycles. The van der Waals surface area contributed by atoms with Crippen LogP contribution >= 0.6 is 0 Å². The lowest BCUT2D eigenvalue weighted by molar-refractivity contribution is 0.0558. The van der Waals surface area contributed by atoms with Gasteiger partial charge < -0.3 is 0 Å². The molecule has 0 aromatic rings. The van der Waals surface area contributed by atoms with E-state index in [-0.39, 0.29) is 0 Å². The van der Waals surface area contributed by atoms with E-state index in [1.54, 1.807) is 0 Å². The highest BCUT2D eigenvalue weighted by Crippen LogP contribution is 2.37. The molecule has 13 heavy (non-hydrogen) atoms. The van der Waals surface area contributed by atoms with Crippen molar-refractivity contribution in [3.05, 3.63) is 0 Å². The highest BCUT2D eigenvalue weighted by Gasteiger charge is 2.38. The van der Waals surface area contributed by atoms with Gasteiger partial charge in [-0.3, -0.25) is 4.90 Å². The van der Waals surface area contributed by atoms with Gasteiger partial charge in [0, 0.05) is 12.1 Å². The van der Waals surface area contributed by atoms with Crippen LogP contribution in [0.15, 0.2) is 0 Å². The summed E-state index contributed by atoms with van der Waals surface area (Å²) in [4.78, 5) is 2.80. The number of hydrogen-bond donors (Lipinski definition) is 0. The molecular formula is C12H23N. The lowest BCUT2D eigenvalue weighted by Crippen LogP contribution is -2.48. The molecule has 76 valence electrons. The van der Waals surface area contributed by atoms with Crippen LogP contribution in [0.4, 0.5) is 0 Å². The van der Waals surface area contributed by atoms with Crippen LogP contribution in [0.3, 0.4) is 0 Å². The third kappa shape index (κ3) is 1.63. The maximum Gasteiger partial charge on any atom is 0.0124 e. The molecule has 2 aliphatic heterocycles. The molecule has 0 N–H and O–H groups in total. The lowest BCUT2D eigenvalue weighted by atomic mass is 9.83. The normalized spacial score (nSPS) is 41.1. The van der Waals surface area contributed by atoms with Gasteiger partial charge in [0.15, 0.2) is 0 Å². The molecule has 0 bridgehead atoms.